The molecule has 6 rings (SSSR count). The van der Waals surface area contributed by atoms with Crippen LogP contribution in [0.5, 0.6) is 11.6 Å². The molecular formula is C25H24ClN5O2. The van der Waals surface area contributed by atoms with Gasteiger partial charge in [0.25, 0.3) is 0 Å². The van der Waals surface area contributed by atoms with Gasteiger partial charge in [0.05, 0.1) is 11.6 Å². The normalized spacial score (nSPS) is 17.0. The highest BCUT2D eigenvalue weighted by Gasteiger charge is 2.41. The highest BCUT2D eigenvalue weighted by molar-refractivity contribution is 6.33. The molecule has 0 amide bonds. The van der Waals surface area contributed by atoms with Gasteiger partial charge in [-0.05, 0) is 43.5 Å². The summed E-state index contributed by atoms with van der Waals surface area (Å²) in [5.74, 6) is 2.00. The number of fused-ring (bicyclic) bond motifs is 1. The van der Waals surface area contributed by atoms with Gasteiger partial charge >= 0.3 is 0 Å². The van der Waals surface area contributed by atoms with Crippen LogP contribution >= 0.6 is 11.6 Å². The Bertz CT molecular complexity index is 1320. The van der Waals surface area contributed by atoms with Crippen molar-refractivity contribution < 1.29 is 9.47 Å². The molecule has 0 spiro atoms. The number of hydrogen-bond donors (Lipinski definition) is 1. The predicted octanol–water partition coefficient (Wildman–Crippen LogP) is 4.48. The summed E-state index contributed by atoms with van der Waals surface area (Å²) in [4.78, 5) is 13.9. The van der Waals surface area contributed by atoms with E-state index in [0.29, 0.717) is 23.0 Å². The Morgan fingerprint density at radius 3 is 2.64 bits per heavy atom. The molecule has 8 heteroatoms. The lowest BCUT2D eigenvalue weighted by atomic mass is 10.1. The molecule has 168 valence electrons. The molecule has 2 aromatic carbocycles. The SMILES string of the molecule is CC1(Oc2ncnc3c2nc(-c2ccc(OC4CNC4)cc2Cl)n3Cc2ccccc2)CC1. The Morgan fingerprint density at radius 1 is 1.12 bits per heavy atom. The fourth-order valence-electron chi connectivity index (χ4n) is 3.91. The van der Waals surface area contributed by atoms with Gasteiger partial charge in [0.15, 0.2) is 11.2 Å². The largest absolute Gasteiger partial charge is 0.488 e. The molecule has 1 saturated carbocycles. The lowest BCUT2D eigenvalue weighted by molar-refractivity contribution is 0.142. The van der Waals surface area contributed by atoms with Crippen LogP contribution in [0.15, 0.2) is 54.9 Å². The monoisotopic (exact) mass is 461 g/mol. The summed E-state index contributed by atoms with van der Waals surface area (Å²) in [5, 5.41) is 3.79. The van der Waals surface area contributed by atoms with Crippen LogP contribution in [0.4, 0.5) is 0 Å². The van der Waals surface area contributed by atoms with E-state index in [9.17, 15) is 0 Å². The van der Waals surface area contributed by atoms with Crippen molar-refractivity contribution in [2.24, 2.45) is 0 Å². The number of imidazole rings is 1. The fourth-order valence-corrected chi connectivity index (χ4v) is 4.17. The van der Waals surface area contributed by atoms with Crippen molar-refractivity contribution in [1.29, 1.82) is 0 Å². The summed E-state index contributed by atoms with van der Waals surface area (Å²) in [7, 11) is 0. The van der Waals surface area contributed by atoms with Gasteiger partial charge in [-0.25, -0.2) is 9.97 Å². The predicted molar refractivity (Wildman–Crippen MR) is 127 cm³/mol. The second-order valence-corrected chi connectivity index (χ2v) is 9.36. The Morgan fingerprint density at radius 2 is 1.94 bits per heavy atom. The van der Waals surface area contributed by atoms with E-state index in [-0.39, 0.29) is 11.7 Å². The molecule has 0 bridgehead atoms. The molecule has 1 aliphatic carbocycles. The summed E-state index contributed by atoms with van der Waals surface area (Å²) >= 11 is 6.75. The Kier molecular flexibility index (Phi) is 4.96. The van der Waals surface area contributed by atoms with Crippen molar-refractivity contribution in [2.45, 2.75) is 38.0 Å². The molecule has 4 aromatic rings. The minimum absolute atomic E-state index is 0.169. The minimum Gasteiger partial charge on any atom is -0.488 e. The second-order valence-electron chi connectivity index (χ2n) is 8.95. The number of rotatable bonds is 7. The van der Waals surface area contributed by atoms with Crippen LogP contribution in [0, 0.1) is 0 Å². The second kappa shape index (κ2) is 8.01. The third kappa shape index (κ3) is 4.03. The number of hydrogen-bond acceptors (Lipinski definition) is 6. The molecule has 33 heavy (non-hydrogen) atoms. The first-order chi connectivity index (χ1) is 16.1. The van der Waals surface area contributed by atoms with E-state index in [1.807, 2.05) is 36.4 Å². The van der Waals surface area contributed by atoms with E-state index in [2.05, 4.69) is 38.9 Å². The zero-order chi connectivity index (χ0) is 22.4. The smallest absolute Gasteiger partial charge is 0.245 e. The van der Waals surface area contributed by atoms with Gasteiger partial charge in [0.2, 0.25) is 5.88 Å². The molecule has 1 aliphatic heterocycles. The maximum absolute atomic E-state index is 6.75. The molecule has 2 fully saturated rings. The molecule has 1 N–H and O–H groups in total. The summed E-state index contributed by atoms with van der Waals surface area (Å²) in [6.45, 7) is 4.40. The quantitative estimate of drug-likeness (QED) is 0.437. The van der Waals surface area contributed by atoms with Crippen LogP contribution in [-0.2, 0) is 6.54 Å². The lowest BCUT2D eigenvalue weighted by Crippen LogP contribution is -2.50. The zero-order valence-corrected chi connectivity index (χ0v) is 19.0. The van der Waals surface area contributed by atoms with Crippen molar-refractivity contribution >= 4 is 22.8 Å². The topological polar surface area (TPSA) is 74.1 Å². The third-order valence-corrected chi connectivity index (χ3v) is 6.52. The zero-order valence-electron chi connectivity index (χ0n) is 18.3. The van der Waals surface area contributed by atoms with Crippen molar-refractivity contribution in [3.63, 3.8) is 0 Å². The van der Waals surface area contributed by atoms with Gasteiger partial charge in [0.1, 0.15) is 29.6 Å². The molecule has 2 aliphatic rings. The van der Waals surface area contributed by atoms with Gasteiger partial charge in [0, 0.05) is 18.7 Å². The molecule has 1 saturated heterocycles. The Labute approximate surface area is 196 Å². The van der Waals surface area contributed by atoms with Gasteiger partial charge in [-0.1, -0.05) is 41.9 Å². The van der Waals surface area contributed by atoms with Crippen molar-refractivity contribution in [3.8, 4) is 23.0 Å². The average molecular weight is 462 g/mol. The van der Waals surface area contributed by atoms with Crippen LogP contribution in [0.3, 0.4) is 0 Å². The van der Waals surface area contributed by atoms with Gasteiger partial charge < -0.3 is 19.4 Å². The Balaban J connectivity index is 1.45. The van der Waals surface area contributed by atoms with E-state index in [0.717, 1.165) is 54.3 Å². The molecule has 2 aromatic heterocycles. The van der Waals surface area contributed by atoms with Crippen LogP contribution in [0.1, 0.15) is 25.3 Å². The maximum Gasteiger partial charge on any atom is 0.245 e. The van der Waals surface area contributed by atoms with Crippen molar-refractivity contribution in [2.75, 3.05) is 13.1 Å². The number of nitrogens with zero attached hydrogens (tertiary/aromatic N) is 4. The molecule has 0 unspecified atom stereocenters. The molecular weight excluding hydrogens is 438 g/mol. The molecule has 3 heterocycles. The number of aromatic nitrogens is 4. The third-order valence-electron chi connectivity index (χ3n) is 6.21. The fraction of sp³-hybridized carbons (Fsp3) is 0.320. The van der Waals surface area contributed by atoms with Crippen LogP contribution in [-0.4, -0.2) is 44.3 Å². The number of nitrogens with one attached hydrogen (secondary N) is 1. The van der Waals surface area contributed by atoms with Crippen LogP contribution < -0.4 is 14.8 Å². The number of ether oxygens (including phenoxy) is 2. The maximum atomic E-state index is 6.75. The van der Waals surface area contributed by atoms with E-state index in [4.69, 9.17) is 26.1 Å². The molecule has 0 radical (unpaired) electrons. The van der Waals surface area contributed by atoms with Crippen LogP contribution in [0.25, 0.3) is 22.6 Å². The summed E-state index contributed by atoms with van der Waals surface area (Å²) in [5.41, 5.74) is 3.15. The average Bonchev–Trinajstić information content (AvgIpc) is 3.40. The number of benzene rings is 2. The summed E-state index contributed by atoms with van der Waals surface area (Å²) in [6, 6.07) is 16.0. The van der Waals surface area contributed by atoms with Crippen LogP contribution in [0.2, 0.25) is 5.02 Å². The van der Waals surface area contributed by atoms with Crippen molar-refractivity contribution in [3.05, 3.63) is 65.4 Å². The molecule has 0 atom stereocenters. The van der Waals surface area contributed by atoms with Gasteiger partial charge in [-0.15, -0.1) is 0 Å². The van der Waals surface area contributed by atoms with E-state index in [1.54, 1.807) is 6.33 Å². The molecule has 7 nitrogen and oxygen atoms in total. The highest BCUT2D eigenvalue weighted by atomic mass is 35.5. The van der Waals surface area contributed by atoms with Crippen molar-refractivity contribution in [1.82, 2.24) is 24.8 Å². The first-order valence-corrected chi connectivity index (χ1v) is 11.6. The summed E-state index contributed by atoms with van der Waals surface area (Å²) < 4.78 is 14.3. The van der Waals surface area contributed by atoms with E-state index < -0.39 is 0 Å². The number of halogens is 1. The minimum atomic E-state index is -0.169. The summed E-state index contributed by atoms with van der Waals surface area (Å²) in [6.07, 6.45) is 3.76. The Hall–Kier alpha value is -3.16. The van der Waals surface area contributed by atoms with Gasteiger partial charge in [-0.2, -0.15) is 4.98 Å². The van der Waals surface area contributed by atoms with E-state index >= 15 is 0 Å². The van der Waals surface area contributed by atoms with E-state index in [1.165, 1.54) is 0 Å². The highest BCUT2D eigenvalue weighted by Crippen LogP contribution is 2.41. The first-order valence-electron chi connectivity index (χ1n) is 11.2. The van der Waals surface area contributed by atoms with Gasteiger partial charge in [-0.3, -0.25) is 0 Å². The first kappa shape index (κ1) is 20.4. The lowest BCUT2D eigenvalue weighted by Gasteiger charge is -2.28. The standard InChI is InChI=1S/C25H24ClN5O2/c1-25(9-10-25)33-24-21-23(28-15-29-24)31(14-16-5-3-2-4-6-16)22(30-21)19-8-7-17(11-20(19)26)32-18-12-27-13-18/h2-8,11,15,18,27H,9-10,12-14H2,1H3.